The van der Waals surface area contributed by atoms with E-state index in [9.17, 15) is 8.42 Å². The molecule has 0 aliphatic carbocycles. The van der Waals surface area contributed by atoms with E-state index in [0.717, 1.165) is 0 Å². The highest BCUT2D eigenvalue weighted by Crippen LogP contribution is 2.33. The van der Waals surface area contributed by atoms with Crippen molar-refractivity contribution in [1.82, 2.24) is 0 Å². The Bertz CT molecular complexity index is 715. The van der Waals surface area contributed by atoms with Gasteiger partial charge in [0.25, 0.3) is 10.0 Å². The molecule has 2 aromatic carbocycles. The fraction of sp³-hybridized carbons (Fsp3) is 0. The number of hydrogen-bond donors (Lipinski definition) is 3. The molecule has 8 heteroatoms. The maximum absolute atomic E-state index is 12.4. The summed E-state index contributed by atoms with van der Waals surface area (Å²) in [6, 6.07) is 11.7. The summed E-state index contributed by atoms with van der Waals surface area (Å²) in [7, 11) is -3.75. The molecule has 0 aliphatic rings. The van der Waals surface area contributed by atoms with Crippen LogP contribution in [0.2, 0.25) is 0 Å². The summed E-state index contributed by atoms with van der Waals surface area (Å²) in [5.74, 6) is 5.34. The predicted molar refractivity (Wildman–Crippen MR) is 86.9 cm³/mol. The highest BCUT2D eigenvalue weighted by Gasteiger charge is 2.20. The van der Waals surface area contributed by atoms with Crippen LogP contribution in [0, 0.1) is 0 Å². The Labute approximate surface area is 133 Å². The van der Waals surface area contributed by atoms with Crippen molar-refractivity contribution in [3.63, 3.8) is 0 Å². The lowest BCUT2D eigenvalue weighted by atomic mass is 10.3. The topological polar surface area (TPSA) is 84.2 Å². The predicted octanol–water partition coefficient (Wildman–Crippen LogP) is 3.30. The number of nitrogens with one attached hydrogen (secondary N) is 2. The number of para-hydroxylation sites is 2. The molecular formula is C12H11Br2N3O2S. The standard InChI is InChI=1S/C12H11Br2N3O2S/c13-8-4-3-5-9(14)12(8)17-20(18,19)11-7-2-1-6-10(11)16-15/h1-7,16-17H,15H2. The highest BCUT2D eigenvalue weighted by molar-refractivity contribution is 9.11. The molecule has 0 radical (unpaired) electrons. The van der Waals surface area contributed by atoms with Crippen LogP contribution >= 0.6 is 31.9 Å². The molecule has 0 fully saturated rings. The molecule has 0 amide bonds. The number of hydrazine groups is 1. The van der Waals surface area contributed by atoms with Crippen molar-refractivity contribution in [3.8, 4) is 0 Å². The summed E-state index contributed by atoms with van der Waals surface area (Å²) in [5, 5.41) is 0. The molecule has 4 N–H and O–H groups in total. The van der Waals surface area contributed by atoms with Gasteiger partial charge in [-0.2, -0.15) is 0 Å². The van der Waals surface area contributed by atoms with Crippen LogP contribution in [0.3, 0.4) is 0 Å². The van der Waals surface area contributed by atoms with E-state index in [1.165, 1.54) is 6.07 Å². The van der Waals surface area contributed by atoms with E-state index in [0.29, 0.717) is 20.3 Å². The Morgan fingerprint density at radius 1 is 0.950 bits per heavy atom. The van der Waals surface area contributed by atoms with E-state index >= 15 is 0 Å². The van der Waals surface area contributed by atoms with Gasteiger partial charge in [-0.05, 0) is 56.1 Å². The first kappa shape index (κ1) is 15.3. The largest absolute Gasteiger partial charge is 0.323 e. The van der Waals surface area contributed by atoms with Gasteiger partial charge in [0.1, 0.15) is 4.90 Å². The van der Waals surface area contributed by atoms with E-state index in [1.54, 1.807) is 36.4 Å². The second-order valence-electron chi connectivity index (χ2n) is 3.84. The maximum Gasteiger partial charge on any atom is 0.264 e. The van der Waals surface area contributed by atoms with Crippen molar-refractivity contribution in [1.29, 1.82) is 0 Å². The van der Waals surface area contributed by atoms with Crippen LogP contribution in [0.15, 0.2) is 56.3 Å². The average molecular weight is 421 g/mol. The van der Waals surface area contributed by atoms with Crippen LogP contribution in [0.4, 0.5) is 11.4 Å². The van der Waals surface area contributed by atoms with Crippen molar-refractivity contribution in [2.45, 2.75) is 4.90 Å². The van der Waals surface area contributed by atoms with Gasteiger partial charge in [-0.1, -0.05) is 18.2 Å². The lowest BCUT2D eigenvalue weighted by Crippen LogP contribution is -2.17. The quantitative estimate of drug-likeness (QED) is 0.523. The van der Waals surface area contributed by atoms with Crippen LogP contribution in [0.25, 0.3) is 0 Å². The minimum atomic E-state index is -3.75. The van der Waals surface area contributed by atoms with Gasteiger partial charge in [-0.15, -0.1) is 0 Å². The van der Waals surface area contributed by atoms with Gasteiger partial charge in [0.05, 0.1) is 11.4 Å². The first-order valence-electron chi connectivity index (χ1n) is 5.48. The van der Waals surface area contributed by atoms with Crippen molar-refractivity contribution in [2.75, 3.05) is 10.1 Å². The third kappa shape index (κ3) is 3.14. The number of benzene rings is 2. The van der Waals surface area contributed by atoms with Crippen LogP contribution in [0.1, 0.15) is 0 Å². The van der Waals surface area contributed by atoms with Crippen molar-refractivity contribution in [2.24, 2.45) is 5.84 Å². The zero-order valence-corrected chi connectivity index (χ0v) is 14.1. The van der Waals surface area contributed by atoms with Crippen molar-refractivity contribution in [3.05, 3.63) is 51.4 Å². The summed E-state index contributed by atoms with van der Waals surface area (Å²) in [6.45, 7) is 0. The van der Waals surface area contributed by atoms with Gasteiger partial charge in [-0.3, -0.25) is 10.6 Å². The van der Waals surface area contributed by atoms with E-state index < -0.39 is 10.0 Å². The smallest absolute Gasteiger partial charge is 0.264 e. The molecule has 0 heterocycles. The second kappa shape index (κ2) is 6.13. The normalized spacial score (nSPS) is 11.2. The second-order valence-corrected chi connectivity index (χ2v) is 7.20. The third-order valence-electron chi connectivity index (χ3n) is 2.53. The first-order valence-corrected chi connectivity index (χ1v) is 8.55. The number of anilines is 2. The Morgan fingerprint density at radius 2 is 1.55 bits per heavy atom. The monoisotopic (exact) mass is 419 g/mol. The molecule has 2 aromatic rings. The van der Waals surface area contributed by atoms with Crippen LogP contribution in [0.5, 0.6) is 0 Å². The van der Waals surface area contributed by atoms with Crippen LogP contribution in [-0.2, 0) is 10.0 Å². The maximum atomic E-state index is 12.4. The zero-order chi connectivity index (χ0) is 14.8. The molecule has 5 nitrogen and oxygen atoms in total. The number of sulfonamides is 1. The number of nitrogens with two attached hydrogens (primary N) is 1. The van der Waals surface area contributed by atoms with Crippen molar-refractivity contribution >= 4 is 53.3 Å². The van der Waals surface area contributed by atoms with Gasteiger partial charge >= 0.3 is 0 Å². The van der Waals surface area contributed by atoms with Gasteiger partial charge in [0.2, 0.25) is 0 Å². The summed E-state index contributed by atoms with van der Waals surface area (Å²) >= 11 is 6.62. The van der Waals surface area contributed by atoms with Gasteiger partial charge < -0.3 is 5.43 Å². The van der Waals surface area contributed by atoms with E-state index in [-0.39, 0.29) is 4.90 Å². The first-order chi connectivity index (χ1) is 9.45. The molecule has 0 spiro atoms. The lowest BCUT2D eigenvalue weighted by molar-refractivity contribution is 0.601. The summed E-state index contributed by atoms with van der Waals surface area (Å²) in [4.78, 5) is 0.0742. The molecule has 20 heavy (non-hydrogen) atoms. The average Bonchev–Trinajstić information content (AvgIpc) is 2.43. The fourth-order valence-corrected chi connectivity index (χ4v) is 4.34. The van der Waals surface area contributed by atoms with E-state index in [1.807, 2.05) is 0 Å². The van der Waals surface area contributed by atoms with E-state index in [4.69, 9.17) is 5.84 Å². The molecule has 0 bridgehead atoms. The Kier molecular flexibility index (Phi) is 4.69. The van der Waals surface area contributed by atoms with Crippen LogP contribution < -0.4 is 16.0 Å². The molecule has 0 saturated carbocycles. The van der Waals surface area contributed by atoms with Gasteiger partial charge in [0.15, 0.2) is 0 Å². The Balaban J connectivity index is 2.47. The van der Waals surface area contributed by atoms with Crippen molar-refractivity contribution < 1.29 is 8.42 Å². The molecule has 0 unspecified atom stereocenters. The fourth-order valence-electron chi connectivity index (χ4n) is 1.60. The summed E-state index contributed by atoms with van der Waals surface area (Å²) in [6.07, 6.45) is 0. The highest BCUT2D eigenvalue weighted by atomic mass is 79.9. The zero-order valence-electron chi connectivity index (χ0n) is 10.1. The molecule has 0 aliphatic heterocycles. The molecule has 106 valence electrons. The molecule has 0 atom stereocenters. The van der Waals surface area contributed by atoms with Crippen LogP contribution in [-0.4, -0.2) is 8.42 Å². The Hall–Kier alpha value is -1.09. The SMILES string of the molecule is NNc1ccccc1S(=O)(=O)Nc1c(Br)cccc1Br. The lowest BCUT2D eigenvalue weighted by Gasteiger charge is -2.13. The minimum absolute atomic E-state index is 0.0742. The number of nitrogen functional groups attached to an aromatic ring is 1. The number of halogens is 2. The molecule has 0 saturated heterocycles. The van der Waals surface area contributed by atoms with E-state index in [2.05, 4.69) is 42.0 Å². The number of hydrogen-bond acceptors (Lipinski definition) is 4. The van der Waals surface area contributed by atoms with Gasteiger partial charge in [0, 0.05) is 8.95 Å². The molecule has 2 rings (SSSR count). The molecular weight excluding hydrogens is 410 g/mol. The molecule has 0 aromatic heterocycles. The summed E-state index contributed by atoms with van der Waals surface area (Å²) < 4.78 is 28.7. The number of rotatable bonds is 4. The minimum Gasteiger partial charge on any atom is -0.323 e. The summed E-state index contributed by atoms with van der Waals surface area (Å²) in [5.41, 5.74) is 3.13. The third-order valence-corrected chi connectivity index (χ3v) is 5.26. The Morgan fingerprint density at radius 3 is 2.15 bits per heavy atom. The van der Waals surface area contributed by atoms with Gasteiger partial charge in [-0.25, -0.2) is 8.42 Å².